The number of nitrogens with one attached hydrogen (secondary N) is 1. The van der Waals surface area contributed by atoms with Crippen LogP contribution < -0.4 is 10.2 Å². The van der Waals surface area contributed by atoms with Gasteiger partial charge in [-0.05, 0) is 36.4 Å². The van der Waals surface area contributed by atoms with Gasteiger partial charge in [0.15, 0.2) is 12.1 Å². The summed E-state index contributed by atoms with van der Waals surface area (Å²) in [4.78, 5) is 39.1. The largest absolute Gasteiger partial charge is 0.322 e. The van der Waals surface area contributed by atoms with Crippen LogP contribution in [0.1, 0.15) is 0 Å². The lowest BCUT2D eigenvalue weighted by Gasteiger charge is -2.20. The quantitative estimate of drug-likeness (QED) is 0.653. The molecule has 29 heavy (non-hydrogen) atoms. The lowest BCUT2D eigenvalue weighted by molar-refractivity contribution is -0.123. The van der Waals surface area contributed by atoms with Crippen LogP contribution in [0.5, 0.6) is 0 Å². The van der Waals surface area contributed by atoms with E-state index in [9.17, 15) is 14.4 Å². The van der Waals surface area contributed by atoms with Crippen LogP contribution in [0.2, 0.25) is 10.0 Å². The molecule has 148 valence electrons. The fourth-order valence-electron chi connectivity index (χ4n) is 3.14. The van der Waals surface area contributed by atoms with E-state index in [-0.39, 0.29) is 22.3 Å². The zero-order valence-corrected chi connectivity index (χ0v) is 17.6. The Labute approximate surface area is 183 Å². The van der Waals surface area contributed by atoms with Crippen molar-refractivity contribution in [2.24, 2.45) is 10.3 Å². The molecule has 0 spiro atoms. The van der Waals surface area contributed by atoms with Crippen molar-refractivity contribution >= 4 is 68.2 Å². The number of rotatable bonds is 4. The maximum Gasteiger partial charge on any atom is 0.263 e. The van der Waals surface area contributed by atoms with Gasteiger partial charge in [-0.25, -0.2) is 4.90 Å². The van der Waals surface area contributed by atoms with E-state index in [1.54, 1.807) is 42.5 Å². The smallest absolute Gasteiger partial charge is 0.263 e. The first-order valence-corrected chi connectivity index (χ1v) is 9.96. The molecule has 0 aromatic heterocycles. The summed E-state index contributed by atoms with van der Waals surface area (Å²) < 4.78 is 0.816. The molecule has 0 saturated carbocycles. The number of anilines is 2. The van der Waals surface area contributed by atoms with Gasteiger partial charge >= 0.3 is 0 Å². The third-order valence-electron chi connectivity index (χ3n) is 4.48. The van der Waals surface area contributed by atoms with Crippen LogP contribution in [0.15, 0.2) is 57.3 Å². The van der Waals surface area contributed by atoms with Gasteiger partial charge in [0.1, 0.15) is 6.54 Å². The van der Waals surface area contributed by atoms with Crippen molar-refractivity contribution in [3.05, 3.63) is 57.0 Å². The molecule has 1 N–H and O–H groups in total. The predicted molar refractivity (Wildman–Crippen MR) is 111 cm³/mol. The van der Waals surface area contributed by atoms with Crippen LogP contribution in [0.4, 0.5) is 11.4 Å². The number of fused-ring (bicyclic) bond motifs is 1. The summed E-state index contributed by atoms with van der Waals surface area (Å²) in [6, 6.07) is 9.62. The van der Waals surface area contributed by atoms with Gasteiger partial charge in [0.25, 0.3) is 11.8 Å². The second kappa shape index (κ2) is 7.74. The Morgan fingerprint density at radius 3 is 2.38 bits per heavy atom. The molecule has 2 aromatic rings. The molecule has 2 aromatic carbocycles. The third-order valence-corrected chi connectivity index (χ3v) is 5.63. The summed E-state index contributed by atoms with van der Waals surface area (Å²) >= 11 is 15.4. The zero-order chi connectivity index (χ0) is 20.7. The number of nitrogens with zero attached hydrogens (tertiary/aromatic N) is 4. The molecule has 0 bridgehead atoms. The Hall–Kier alpha value is -2.49. The molecular formula is C18H12BrCl2N5O3. The van der Waals surface area contributed by atoms with Gasteiger partial charge in [0, 0.05) is 4.47 Å². The van der Waals surface area contributed by atoms with E-state index in [2.05, 4.69) is 31.6 Å². The van der Waals surface area contributed by atoms with Crippen LogP contribution in [-0.2, 0) is 14.4 Å². The summed E-state index contributed by atoms with van der Waals surface area (Å²) in [5.41, 5.74) is 0.693. The van der Waals surface area contributed by atoms with Gasteiger partial charge in [-0.15, -0.1) is 0 Å². The molecule has 2 unspecified atom stereocenters. The Morgan fingerprint density at radius 1 is 1.07 bits per heavy atom. The molecule has 2 aliphatic heterocycles. The molecule has 11 heteroatoms. The summed E-state index contributed by atoms with van der Waals surface area (Å²) in [5, 5.41) is 12.1. The Balaban J connectivity index is 1.50. The number of hydrogen-bond donors (Lipinski definition) is 1. The maximum atomic E-state index is 12.9. The number of benzene rings is 2. The molecule has 4 rings (SSSR count). The second-order valence-electron chi connectivity index (χ2n) is 6.33. The molecule has 1 saturated heterocycles. The number of carbonyl (C=O) groups is 3. The molecule has 2 atom stereocenters. The topological polar surface area (TPSA) is 94.4 Å². The SMILES string of the molecule is O=C(CN1N=NC2C(=O)N(c3ccc(Br)cc3)C(=O)C21)Nc1c(Cl)cccc1Cl. The van der Waals surface area contributed by atoms with Gasteiger partial charge in [-0.1, -0.05) is 50.4 Å². The molecule has 0 aliphatic carbocycles. The van der Waals surface area contributed by atoms with Crippen LogP contribution in [0.25, 0.3) is 0 Å². The molecule has 3 amide bonds. The minimum absolute atomic E-state index is 0.263. The number of hydrogen-bond acceptors (Lipinski definition) is 6. The maximum absolute atomic E-state index is 12.9. The first-order valence-electron chi connectivity index (χ1n) is 8.41. The number of para-hydroxylation sites is 1. The van der Waals surface area contributed by atoms with Crippen molar-refractivity contribution in [1.29, 1.82) is 0 Å². The number of halogens is 3. The fraction of sp³-hybridized carbons (Fsp3) is 0.167. The summed E-state index contributed by atoms with van der Waals surface area (Å²) in [6.07, 6.45) is 0. The van der Waals surface area contributed by atoms with Crippen LogP contribution in [0.3, 0.4) is 0 Å². The van der Waals surface area contributed by atoms with E-state index in [0.717, 1.165) is 9.37 Å². The summed E-state index contributed by atoms with van der Waals surface area (Å²) in [7, 11) is 0. The molecule has 2 heterocycles. The predicted octanol–water partition coefficient (Wildman–Crippen LogP) is 3.69. The number of imide groups is 1. The minimum atomic E-state index is -0.983. The molecular weight excluding hydrogens is 485 g/mol. The van der Waals surface area contributed by atoms with Crippen molar-refractivity contribution in [2.45, 2.75) is 12.1 Å². The van der Waals surface area contributed by atoms with E-state index in [4.69, 9.17) is 23.2 Å². The van der Waals surface area contributed by atoms with Crippen molar-refractivity contribution in [3.63, 3.8) is 0 Å². The second-order valence-corrected chi connectivity index (χ2v) is 8.06. The average molecular weight is 497 g/mol. The normalized spacial score (nSPS) is 20.4. The van der Waals surface area contributed by atoms with Gasteiger partial charge in [-0.2, -0.15) is 5.11 Å². The monoisotopic (exact) mass is 495 g/mol. The van der Waals surface area contributed by atoms with E-state index in [0.29, 0.717) is 5.69 Å². The lowest BCUT2D eigenvalue weighted by atomic mass is 10.1. The van der Waals surface area contributed by atoms with E-state index < -0.39 is 29.8 Å². The van der Waals surface area contributed by atoms with Crippen molar-refractivity contribution < 1.29 is 14.4 Å². The highest BCUT2D eigenvalue weighted by atomic mass is 79.9. The van der Waals surface area contributed by atoms with Gasteiger partial charge < -0.3 is 5.32 Å². The van der Waals surface area contributed by atoms with E-state index >= 15 is 0 Å². The van der Waals surface area contributed by atoms with E-state index in [1.807, 2.05) is 0 Å². The average Bonchev–Trinajstić information content (AvgIpc) is 3.19. The first kappa shape index (κ1) is 19.8. The van der Waals surface area contributed by atoms with Crippen LogP contribution in [-0.4, -0.2) is 41.4 Å². The van der Waals surface area contributed by atoms with Gasteiger partial charge in [0.2, 0.25) is 5.91 Å². The lowest BCUT2D eigenvalue weighted by Crippen LogP contribution is -2.43. The number of carbonyl (C=O) groups excluding carboxylic acids is 3. The first-order chi connectivity index (χ1) is 13.9. The van der Waals surface area contributed by atoms with Gasteiger partial charge in [0.05, 0.1) is 21.4 Å². The Bertz CT molecular complexity index is 1030. The summed E-state index contributed by atoms with van der Waals surface area (Å²) in [6.45, 7) is -0.292. The van der Waals surface area contributed by atoms with Crippen LogP contribution in [0, 0.1) is 0 Å². The Kier molecular flexibility index (Phi) is 5.28. The van der Waals surface area contributed by atoms with Crippen molar-refractivity contribution in [2.75, 3.05) is 16.8 Å². The molecule has 8 nitrogen and oxygen atoms in total. The summed E-state index contributed by atoms with van der Waals surface area (Å²) in [5.74, 6) is -1.47. The number of amides is 3. The Morgan fingerprint density at radius 2 is 1.72 bits per heavy atom. The van der Waals surface area contributed by atoms with Crippen LogP contribution >= 0.6 is 39.1 Å². The highest BCUT2D eigenvalue weighted by Crippen LogP contribution is 2.33. The minimum Gasteiger partial charge on any atom is -0.322 e. The highest BCUT2D eigenvalue weighted by Gasteiger charge is 2.55. The molecule has 2 aliphatic rings. The van der Waals surface area contributed by atoms with E-state index in [1.165, 1.54) is 5.01 Å². The molecule has 1 fully saturated rings. The highest BCUT2D eigenvalue weighted by molar-refractivity contribution is 9.10. The zero-order valence-electron chi connectivity index (χ0n) is 14.6. The van der Waals surface area contributed by atoms with Crippen molar-refractivity contribution in [1.82, 2.24) is 5.01 Å². The fourth-order valence-corrected chi connectivity index (χ4v) is 3.90. The van der Waals surface area contributed by atoms with Crippen molar-refractivity contribution in [3.8, 4) is 0 Å². The van der Waals surface area contributed by atoms with Gasteiger partial charge in [-0.3, -0.25) is 19.4 Å². The third kappa shape index (κ3) is 3.61. The molecule has 0 radical (unpaired) electrons. The standard InChI is InChI=1S/C18H12BrCl2N5O3/c19-9-4-6-10(7-5-9)26-17(28)15-16(18(26)29)25(24-23-15)8-13(27)22-14-11(20)2-1-3-12(14)21/h1-7,15-16H,8H2,(H,22,27).